The van der Waals surface area contributed by atoms with Gasteiger partial charge in [-0.2, -0.15) is 0 Å². The maximum atomic E-state index is 12.1. The molecule has 29 heavy (non-hydrogen) atoms. The van der Waals surface area contributed by atoms with Crippen molar-refractivity contribution in [2.75, 3.05) is 12.9 Å². The Kier molecular flexibility index (Phi) is 5.83. The molecular formula is C21H23NO6S. The Hall–Kier alpha value is -3.00. The molecule has 154 valence electrons. The van der Waals surface area contributed by atoms with E-state index in [1.165, 1.54) is 12.1 Å². The van der Waals surface area contributed by atoms with Crippen molar-refractivity contribution in [3.8, 4) is 17.2 Å². The fourth-order valence-corrected chi connectivity index (χ4v) is 3.43. The summed E-state index contributed by atoms with van der Waals surface area (Å²) >= 11 is 0. The van der Waals surface area contributed by atoms with Crippen LogP contribution in [0.4, 0.5) is 0 Å². The molecule has 3 rings (SSSR count). The molecule has 2 aromatic carbocycles. The van der Waals surface area contributed by atoms with E-state index in [4.69, 9.17) is 14.2 Å². The quantitative estimate of drug-likeness (QED) is 0.575. The predicted octanol–water partition coefficient (Wildman–Crippen LogP) is 4.33. The highest BCUT2D eigenvalue weighted by Gasteiger charge is 2.16. The van der Waals surface area contributed by atoms with Crippen molar-refractivity contribution in [1.82, 2.24) is 4.98 Å². The Morgan fingerprint density at radius 2 is 1.76 bits per heavy atom. The minimum atomic E-state index is -3.28. The molecule has 0 aliphatic heterocycles. The van der Waals surface area contributed by atoms with Crippen molar-refractivity contribution in [2.24, 2.45) is 0 Å². The third-order valence-electron chi connectivity index (χ3n) is 4.01. The van der Waals surface area contributed by atoms with E-state index < -0.39 is 15.8 Å². The van der Waals surface area contributed by atoms with Crippen LogP contribution in [0.2, 0.25) is 0 Å². The van der Waals surface area contributed by atoms with E-state index in [2.05, 4.69) is 4.98 Å². The lowest BCUT2D eigenvalue weighted by atomic mass is 10.2. The van der Waals surface area contributed by atoms with Gasteiger partial charge in [-0.1, -0.05) is 0 Å². The highest BCUT2D eigenvalue weighted by molar-refractivity contribution is 7.90. The molecule has 3 aromatic rings. The van der Waals surface area contributed by atoms with Crippen LogP contribution in [-0.2, 0) is 14.6 Å². The van der Waals surface area contributed by atoms with Gasteiger partial charge in [-0.3, -0.25) is 0 Å². The number of rotatable bonds is 7. The van der Waals surface area contributed by atoms with Crippen LogP contribution in [0.3, 0.4) is 0 Å². The first-order valence-electron chi connectivity index (χ1n) is 9.16. The molecule has 0 aliphatic carbocycles. The van der Waals surface area contributed by atoms with Crippen LogP contribution in [0.25, 0.3) is 10.9 Å². The largest absolute Gasteiger partial charge is 0.489 e. The first-order valence-corrected chi connectivity index (χ1v) is 11.0. The molecule has 0 bridgehead atoms. The number of sulfone groups is 1. The predicted molar refractivity (Wildman–Crippen MR) is 110 cm³/mol. The van der Waals surface area contributed by atoms with E-state index in [1.54, 1.807) is 37.3 Å². The monoisotopic (exact) mass is 417 g/mol. The Morgan fingerprint density at radius 3 is 2.34 bits per heavy atom. The zero-order valence-corrected chi connectivity index (χ0v) is 17.5. The zero-order chi connectivity index (χ0) is 21.2. The summed E-state index contributed by atoms with van der Waals surface area (Å²) in [7, 11) is -3.28. The van der Waals surface area contributed by atoms with E-state index in [9.17, 15) is 13.2 Å². The molecule has 8 heteroatoms. The van der Waals surface area contributed by atoms with Crippen molar-refractivity contribution in [2.45, 2.75) is 31.8 Å². The van der Waals surface area contributed by atoms with Crippen LogP contribution < -0.4 is 9.47 Å². The van der Waals surface area contributed by atoms with Crippen molar-refractivity contribution in [1.29, 1.82) is 0 Å². The number of benzene rings is 2. The van der Waals surface area contributed by atoms with E-state index in [1.807, 2.05) is 13.8 Å². The Bertz CT molecular complexity index is 1130. The highest BCUT2D eigenvalue weighted by atomic mass is 32.2. The normalized spacial score (nSPS) is 11.6. The fraction of sp³-hybridized carbons (Fsp3) is 0.286. The fourth-order valence-electron chi connectivity index (χ4n) is 2.80. The summed E-state index contributed by atoms with van der Waals surface area (Å²) < 4.78 is 40.0. The van der Waals surface area contributed by atoms with Gasteiger partial charge in [0.05, 0.1) is 23.1 Å². The van der Waals surface area contributed by atoms with E-state index in [0.717, 1.165) is 11.6 Å². The van der Waals surface area contributed by atoms with Gasteiger partial charge in [0, 0.05) is 17.7 Å². The lowest BCUT2D eigenvalue weighted by Gasteiger charge is -2.13. The molecule has 0 saturated heterocycles. The lowest BCUT2D eigenvalue weighted by Crippen LogP contribution is -2.06. The average Bonchev–Trinajstić information content (AvgIpc) is 3.06. The number of aromatic amines is 1. The van der Waals surface area contributed by atoms with Crippen LogP contribution in [0.15, 0.2) is 47.4 Å². The molecule has 7 nitrogen and oxygen atoms in total. The summed E-state index contributed by atoms with van der Waals surface area (Å²) in [5, 5.41) is 0.731. The summed E-state index contributed by atoms with van der Waals surface area (Å²) in [4.78, 5) is 15.3. The third-order valence-corrected chi connectivity index (χ3v) is 5.14. The van der Waals surface area contributed by atoms with E-state index >= 15 is 0 Å². The molecular weight excluding hydrogens is 394 g/mol. The van der Waals surface area contributed by atoms with Gasteiger partial charge in [0.2, 0.25) is 0 Å². The van der Waals surface area contributed by atoms with Crippen LogP contribution >= 0.6 is 0 Å². The molecule has 1 N–H and O–H groups in total. The molecule has 1 heterocycles. The van der Waals surface area contributed by atoms with Crippen molar-refractivity contribution >= 4 is 26.7 Å². The first kappa shape index (κ1) is 20.7. The van der Waals surface area contributed by atoms with Crippen LogP contribution in [0.1, 0.15) is 31.3 Å². The second kappa shape index (κ2) is 8.16. The zero-order valence-electron chi connectivity index (χ0n) is 16.7. The van der Waals surface area contributed by atoms with Gasteiger partial charge in [0.15, 0.2) is 9.84 Å². The minimum absolute atomic E-state index is 0.0863. The minimum Gasteiger partial charge on any atom is -0.489 e. The number of esters is 1. The maximum absolute atomic E-state index is 12.1. The van der Waals surface area contributed by atoms with Gasteiger partial charge in [0.1, 0.15) is 22.9 Å². The number of H-pyrrole nitrogens is 1. The number of aromatic nitrogens is 1. The number of hydrogen-bond donors (Lipinski definition) is 1. The summed E-state index contributed by atoms with van der Waals surface area (Å²) in [6, 6.07) is 11.3. The van der Waals surface area contributed by atoms with Gasteiger partial charge >= 0.3 is 5.97 Å². The number of ether oxygens (including phenoxy) is 3. The molecule has 1 aromatic heterocycles. The summed E-state index contributed by atoms with van der Waals surface area (Å²) in [5.41, 5.74) is 0.992. The SMILES string of the molecule is CCOC(=O)c1cc2cc(Oc3ccc(S(C)(=O)=O)cc3)cc(OC(C)C)c2[nH]1. The molecule has 0 spiro atoms. The molecule has 0 radical (unpaired) electrons. The maximum Gasteiger partial charge on any atom is 0.354 e. The lowest BCUT2D eigenvalue weighted by molar-refractivity contribution is 0.0520. The Balaban J connectivity index is 1.98. The van der Waals surface area contributed by atoms with Crippen LogP contribution in [0, 0.1) is 0 Å². The molecule has 0 amide bonds. The Labute approximate surface area is 169 Å². The molecule has 0 saturated carbocycles. The summed E-state index contributed by atoms with van der Waals surface area (Å²) in [5.74, 6) is 1.07. The second-order valence-corrected chi connectivity index (χ2v) is 8.82. The van der Waals surface area contributed by atoms with E-state index in [-0.39, 0.29) is 17.6 Å². The smallest absolute Gasteiger partial charge is 0.354 e. The van der Waals surface area contributed by atoms with Crippen molar-refractivity contribution in [3.63, 3.8) is 0 Å². The number of carbonyl (C=O) groups excluding carboxylic acids is 1. The molecule has 0 atom stereocenters. The van der Waals surface area contributed by atoms with Gasteiger partial charge in [0.25, 0.3) is 0 Å². The highest BCUT2D eigenvalue weighted by Crippen LogP contribution is 2.34. The standard InChI is InChI=1S/C21H23NO6S/c1-5-26-21(23)18-11-14-10-16(12-19(20(14)22-18)27-13(2)3)28-15-6-8-17(9-7-15)29(4,24)25/h6-13,22H,5H2,1-4H3. The van der Waals surface area contributed by atoms with Crippen LogP contribution in [-0.4, -0.2) is 38.3 Å². The van der Waals surface area contributed by atoms with Crippen molar-refractivity contribution < 1.29 is 27.4 Å². The number of fused-ring (bicyclic) bond motifs is 1. The average molecular weight is 417 g/mol. The van der Waals surface area contributed by atoms with Crippen molar-refractivity contribution in [3.05, 3.63) is 48.2 Å². The molecule has 0 fully saturated rings. The third kappa shape index (κ3) is 4.89. The molecule has 0 aliphatic rings. The number of carbonyl (C=O) groups is 1. The number of hydrogen-bond acceptors (Lipinski definition) is 6. The van der Waals surface area contributed by atoms with Gasteiger partial charge < -0.3 is 19.2 Å². The summed E-state index contributed by atoms with van der Waals surface area (Å²) in [6.45, 7) is 5.83. The van der Waals surface area contributed by atoms with E-state index in [0.29, 0.717) is 28.5 Å². The van der Waals surface area contributed by atoms with Gasteiger partial charge in [-0.25, -0.2) is 13.2 Å². The first-order chi connectivity index (χ1) is 13.7. The topological polar surface area (TPSA) is 94.7 Å². The Morgan fingerprint density at radius 1 is 1.07 bits per heavy atom. The number of nitrogens with one attached hydrogen (secondary N) is 1. The van der Waals surface area contributed by atoms with Gasteiger partial charge in [-0.15, -0.1) is 0 Å². The van der Waals surface area contributed by atoms with Crippen LogP contribution in [0.5, 0.6) is 17.2 Å². The molecule has 0 unspecified atom stereocenters. The van der Waals surface area contributed by atoms with Gasteiger partial charge in [-0.05, 0) is 57.2 Å². The second-order valence-electron chi connectivity index (χ2n) is 6.80. The summed E-state index contributed by atoms with van der Waals surface area (Å²) in [6.07, 6.45) is 1.07.